The van der Waals surface area contributed by atoms with E-state index < -0.39 is 18.0 Å². The van der Waals surface area contributed by atoms with Crippen LogP contribution in [0.2, 0.25) is 0 Å². The second-order valence-corrected chi connectivity index (χ2v) is 12.1. The van der Waals surface area contributed by atoms with E-state index in [9.17, 15) is 14.4 Å². The standard InChI is InChI=1S/C35H67NO5/c1-3-5-7-9-11-13-15-16-17-19-21-23-25-27-31-41-35(40)32(29-30-34(38)39)36-33(37)28-26-24-22-20-18-14-12-10-8-6-4-2/h32H,3-31H2,1-2H3,(H,36,37)(H,38,39)/t32-/m0/s1. The Balaban J connectivity index is 3.87. The summed E-state index contributed by atoms with van der Waals surface area (Å²) in [6.07, 6.45) is 31.4. The largest absolute Gasteiger partial charge is 0.481 e. The lowest BCUT2D eigenvalue weighted by atomic mass is 10.0. The Morgan fingerprint density at radius 2 is 0.902 bits per heavy atom. The summed E-state index contributed by atoms with van der Waals surface area (Å²) in [5.41, 5.74) is 0. The van der Waals surface area contributed by atoms with Gasteiger partial charge >= 0.3 is 11.9 Å². The highest BCUT2D eigenvalue weighted by Gasteiger charge is 2.23. The number of amides is 1. The molecule has 0 aromatic rings. The highest BCUT2D eigenvalue weighted by Crippen LogP contribution is 2.14. The predicted molar refractivity (Wildman–Crippen MR) is 171 cm³/mol. The first kappa shape index (κ1) is 39.4. The molecule has 0 aliphatic rings. The van der Waals surface area contributed by atoms with Crippen LogP contribution in [0.1, 0.15) is 194 Å². The maximum atomic E-state index is 12.6. The Morgan fingerprint density at radius 3 is 1.29 bits per heavy atom. The van der Waals surface area contributed by atoms with Crippen LogP contribution in [0, 0.1) is 0 Å². The predicted octanol–water partition coefficient (Wildman–Crippen LogP) is 10.1. The van der Waals surface area contributed by atoms with Crippen LogP contribution in [-0.4, -0.2) is 35.6 Å². The molecule has 0 rings (SSSR count). The smallest absolute Gasteiger partial charge is 0.328 e. The van der Waals surface area contributed by atoms with Crippen LogP contribution in [0.15, 0.2) is 0 Å². The molecule has 0 heterocycles. The van der Waals surface area contributed by atoms with Crippen molar-refractivity contribution in [1.82, 2.24) is 5.32 Å². The van der Waals surface area contributed by atoms with Crippen LogP contribution in [-0.2, 0) is 19.1 Å². The Bertz CT molecular complexity index is 609. The van der Waals surface area contributed by atoms with Crippen molar-refractivity contribution in [3.05, 3.63) is 0 Å². The molecule has 0 aliphatic carbocycles. The minimum Gasteiger partial charge on any atom is -0.481 e. The molecule has 41 heavy (non-hydrogen) atoms. The zero-order chi connectivity index (χ0) is 30.2. The molecule has 0 bridgehead atoms. The number of rotatable bonds is 32. The van der Waals surface area contributed by atoms with E-state index >= 15 is 0 Å². The number of carbonyl (C=O) groups is 3. The second kappa shape index (κ2) is 31.3. The molecule has 2 N–H and O–H groups in total. The summed E-state index contributed by atoms with van der Waals surface area (Å²) in [5, 5.41) is 11.8. The van der Waals surface area contributed by atoms with Gasteiger partial charge in [0.2, 0.25) is 5.91 Å². The topological polar surface area (TPSA) is 92.7 Å². The average Bonchev–Trinajstić information content (AvgIpc) is 2.95. The summed E-state index contributed by atoms with van der Waals surface area (Å²) in [7, 11) is 0. The molecule has 0 unspecified atom stereocenters. The van der Waals surface area contributed by atoms with Crippen LogP contribution in [0.3, 0.4) is 0 Å². The summed E-state index contributed by atoms with van der Waals surface area (Å²) in [5.74, 6) is -1.67. The summed E-state index contributed by atoms with van der Waals surface area (Å²) < 4.78 is 5.41. The second-order valence-electron chi connectivity index (χ2n) is 12.1. The van der Waals surface area contributed by atoms with Crippen LogP contribution in [0.5, 0.6) is 0 Å². The lowest BCUT2D eigenvalue weighted by Crippen LogP contribution is -2.42. The first-order valence-electron chi connectivity index (χ1n) is 17.7. The van der Waals surface area contributed by atoms with E-state index in [1.807, 2.05) is 0 Å². The fraction of sp³-hybridized carbons (Fsp3) is 0.914. The third-order valence-electron chi connectivity index (χ3n) is 8.02. The Morgan fingerprint density at radius 1 is 0.537 bits per heavy atom. The molecule has 6 nitrogen and oxygen atoms in total. The van der Waals surface area contributed by atoms with Crippen molar-refractivity contribution in [2.45, 2.75) is 200 Å². The lowest BCUT2D eigenvalue weighted by Gasteiger charge is -2.17. The van der Waals surface area contributed by atoms with Gasteiger partial charge in [0.05, 0.1) is 6.61 Å². The van der Waals surface area contributed by atoms with E-state index in [2.05, 4.69) is 19.2 Å². The van der Waals surface area contributed by atoms with Gasteiger partial charge in [-0.05, 0) is 19.3 Å². The molecule has 6 heteroatoms. The maximum Gasteiger partial charge on any atom is 0.328 e. The van der Waals surface area contributed by atoms with Gasteiger partial charge in [0.15, 0.2) is 0 Å². The number of carboxylic acid groups (broad SMARTS) is 1. The first-order chi connectivity index (χ1) is 20.0. The summed E-state index contributed by atoms with van der Waals surface area (Å²) >= 11 is 0. The fourth-order valence-corrected chi connectivity index (χ4v) is 5.30. The minimum atomic E-state index is -0.977. The number of hydrogen-bond acceptors (Lipinski definition) is 4. The molecular weight excluding hydrogens is 514 g/mol. The van der Waals surface area contributed by atoms with E-state index in [4.69, 9.17) is 9.84 Å². The van der Waals surface area contributed by atoms with E-state index in [1.165, 1.54) is 122 Å². The molecule has 0 fully saturated rings. The molecule has 242 valence electrons. The van der Waals surface area contributed by atoms with E-state index in [0.29, 0.717) is 13.0 Å². The molecule has 0 saturated carbocycles. The first-order valence-corrected chi connectivity index (χ1v) is 17.7. The summed E-state index contributed by atoms with van der Waals surface area (Å²) in [6, 6.07) is -0.877. The maximum absolute atomic E-state index is 12.6. The molecule has 0 aromatic heterocycles. The Kier molecular flexibility index (Phi) is 30.1. The van der Waals surface area contributed by atoms with Gasteiger partial charge in [-0.15, -0.1) is 0 Å². The number of carbonyl (C=O) groups excluding carboxylic acids is 2. The van der Waals surface area contributed by atoms with Crippen molar-refractivity contribution >= 4 is 17.8 Å². The minimum absolute atomic E-state index is 0.0664. The summed E-state index contributed by atoms with van der Waals surface area (Å²) in [4.78, 5) is 36.0. The highest BCUT2D eigenvalue weighted by molar-refractivity contribution is 5.84. The Labute approximate surface area is 253 Å². The number of aliphatic carboxylic acids is 1. The molecule has 0 radical (unpaired) electrons. The van der Waals surface area contributed by atoms with Gasteiger partial charge in [-0.3, -0.25) is 9.59 Å². The third kappa shape index (κ3) is 29.7. The average molecular weight is 582 g/mol. The molecule has 0 aromatic carbocycles. The van der Waals surface area contributed by atoms with Crippen molar-refractivity contribution in [2.75, 3.05) is 6.61 Å². The number of ether oxygens (including phenoxy) is 1. The van der Waals surface area contributed by atoms with Crippen molar-refractivity contribution < 1.29 is 24.2 Å². The molecule has 1 amide bonds. The molecular formula is C35H67NO5. The number of nitrogens with one attached hydrogen (secondary N) is 1. The van der Waals surface area contributed by atoms with Gasteiger partial charge in [-0.25, -0.2) is 4.79 Å². The van der Waals surface area contributed by atoms with Gasteiger partial charge in [-0.2, -0.15) is 0 Å². The number of unbranched alkanes of at least 4 members (excludes halogenated alkanes) is 23. The molecule has 0 spiro atoms. The van der Waals surface area contributed by atoms with Crippen LogP contribution in [0.25, 0.3) is 0 Å². The van der Waals surface area contributed by atoms with Crippen molar-refractivity contribution in [3.63, 3.8) is 0 Å². The molecule has 1 atom stereocenters. The van der Waals surface area contributed by atoms with Crippen LogP contribution in [0.4, 0.5) is 0 Å². The van der Waals surface area contributed by atoms with E-state index in [-0.39, 0.29) is 18.7 Å². The van der Waals surface area contributed by atoms with Gasteiger partial charge in [0.25, 0.3) is 0 Å². The zero-order valence-electron chi connectivity index (χ0n) is 27.2. The van der Waals surface area contributed by atoms with Crippen LogP contribution >= 0.6 is 0 Å². The number of carboxylic acids is 1. The highest BCUT2D eigenvalue weighted by atomic mass is 16.5. The SMILES string of the molecule is CCCCCCCCCCCCCCCCOC(=O)[C@H](CCC(=O)O)NC(=O)CCCCCCCCCCCCC. The van der Waals surface area contributed by atoms with Crippen molar-refractivity contribution in [2.24, 2.45) is 0 Å². The van der Waals surface area contributed by atoms with Crippen molar-refractivity contribution in [3.8, 4) is 0 Å². The number of hydrogen-bond donors (Lipinski definition) is 2. The van der Waals surface area contributed by atoms with Crippen molar-refractivity contribution in [1.29, 1.82) is 0 Å². The normalized spacial score (nSPS) is 11.9. The monoisotopic (exact) mass is 582 g/mol. The van der Waals surface area contributed by atoms with E-state index in [0.717, 1.165) is 38.5 Å². The number of esters is 1. The van der Waals surface area contributed by atoms with Gasteiger partial charge in [-0.1, -0.05) is 162 Å². The fourth-order valence-electron chi connectivity index (χ4n) is 5.30. The lowest BCUT2D eigenvalue weighted by molar-refractivity contribution is -0.148. The molecule has 0 saturated heterocycles. The quantitative estimate of drug-likeness (QED) is 0.0609. The van der Waals surface area contributed by atoms with Crippen LogP contribution < -0.4 is 5.32 Å². The van der Waals surface area contributed by atoms with Gasteiger partial charge < -0.3 is 15.2 Å². The molecule has 0 aliphatic heterocycles. The Hall–Kier alpha value is -1.59. The van der Waals surface area contributed by atoms with E-state index in [1.54, 1.807) is 0 Å². The van der Waals surface area contributed by atoms with Gasteiger partial charge in [0.1, 0.15) is 6.04 Å². The van der Waals surface area contributed by atoms with Gasteiger partial charge in [0, 0.05) is 12.8 Å². The zero-order valence-corrected chi connectivity index (χ0v) is 27.2. The summed E-state index contributed by atoms with van der Waals surface area (Å²) in [6.45, 7) is 4.83. The third-order valence-corrected chi connectivity index (χ3v) is 8.02.